The van der Waals surface area contributed by atoms with E-state index in [1.165, 1.54) is 0 Å². The summed E-state index contributed by atoms with van der Waals surface area (Å²) < 4.78 is 5.40. The van der Waals surface area contributed by atoms with Gasteiger partial charge in [0.15, 0.2) is 0 Å². The van der Waals surface area contributed by atoms with Gasteiger partial charge in [-0.05, 0) is 38.1 Å². The number of imide groups is 2. The summed E-state index contributed by atoms with van der Waals surface area (Å²) in [4.78, 5) is 71.6. The minimum Gasteiger partial charge on any atom is -0.463 e. The van der Waals surface area contributed by atoms with Gasteiger partial charge in [0.1, 0.15) is 0 Å². The highest BCUT2D eigenvalue weighted by Crippen LogP contribution is 2.68. The zero-order valence-electron chi connectivity index (χ0n) is 20.7. The van der Waals surface area contributed by atoms with E-state index in [4.69, 9.17) is 4.74 Å². The second-order valence-corrected chi connectivity index (χ2v) is 10.3. The van der Waals surface area contributed by atoms with Gasteiger partial charge < -0.3 is 4.74 Å². The quantitative estimate of drug-likeness (QED) is 0.474. The molecule has 4 amide bonds. The molecule has 2 aromatic carbocycles. The van der Waals surface area contributed by atoms with Crippen molar-refractivity contribution < 1.29 is 28.7 Å². The maximum Gasteiger partial charge on any atom is 0.334 e. The van der Waals surface area contributed by atoms with E-state index in [2.05, 4.69) is 0 Å². The molecule has 7 rings (SSSR count). The molecule has 0 radical (unpaired) electrons. The number of carbonyl (C=O) groups excluding carboxylic acids is 5. The van der Waals surface area contributed by atoms with Gasteiger partial charge in [-0.15, -0.1) is 0 Å². The van der Waals surface area contributed by atoms with E-state index in [1.807, 2.05) is 0 Å². The number of amides is 4. The molecule has 2 bridgehead atoms. The van der Waals surface area contributed by atoms with Crippen LogP contribution >= 0.6 is 0 Å². The number of hydrogen-bond donors (Lipinski definition) is 0. The van der Waals surface area contributed by atoms with Crippen LogP contribution in [-0.4, -0.2) is 36.2 Å². The molecule has 3 aliphatic carbocycles. The fourth-order valence-corrected chi connectivity index (χ4v) is 7.47. The largest absolute Gasteiger partial charge is 0.463 e. The normalized spacial score (nSPS) is 32.2. The fourth-order valence-electron chi connectivity index (χ4n) is 7.47. The smallest absolute Gasteiger partial charge is 0.334 e. The molecule has 2 aromatic rings. The maximum absolute atomic E-state index is 14.0. The van der Waals surface area contributed by atoms with Gasteiger partial charge in [0.05, 0.1) is 41.7 Å². The first-order valence-electron chi connectivity index (χ1n) is 12.5. The third-order valence-electron chi connectivity index (χ3n) is 8.71. The molecule has 2 heterocycles. The number of rotatable bonds is 4. The first-order valence-corrected chi connectivity index (χ1v) is 12.5. The molecule has 3 unspecified atom stereocenters. The molecule has 1 saturated carbocycles. The van der Waals surface area contributed by atoms with Gasteiger partial charge >= 0.3 is 5.97 Å². The molecule has 188 valence electrons. The van der Waals surface area contributed by atoms with Crippen LogP contribution in [0.5, 0.6) is 0 Å². The van der Waals surface area contributed by atoms with Crippen molar-refractivity contribution in [2.45, 2.75) is 20.8 Å². The topological polar surface area (TPSA) is 101 Å². The molecule has 0 spiro atoms. The number of nitrogens with zero attached hydrogens (tertiary/aromatic N) is 2. The highest BCUT2D eigenvalue weighted by atomic mass is 16.5. The number of ether oxygens (including phenoxy) is 1. The van der Waals surface area contributed by atoms with Crippen LogP contribution in [0.3, 0.4) is 0 Å². The maximum atomic E-state index is 14.0. The number of allylic oxidation sites excluding steroid dienone is 1. The number of anilines is 2. The van der Waals surface area contributed by atoms with Crippen LogP contribution in [0.15, 0.2) is 71.8 Å². The van der Waals surface area contributed by atoms with E-state index in [9.17, 15) is 24.0 Å². The number of hydrogen-bond acceptors (Lipinski definition) is 6. The molecule has 2 aliphatic heterocycles. The standard InChI is InChI=1S/C29H26N2O6/c1-4-37-28(36)21-15(2)18-19-22(26(34)30(24(19)32)16-11-7-5-8-12-16)29(21,3)23-20(18)25(33)31(27(23)35)17-13-9-6-10-14-17/h5-14,18-20,22-23H,4H2,1-3H3/t18?,19-,20-,22+,23?,29?/m1/s1. The average Bonchev–Trinajstić information content (AvgIpc) is 3.31. The molecule has 3 fully saturated rings. The predicted octanol–water partition coefficient (Wildman–Crippen LogP) is 3.13. The van der Waals surface area contributed by atoms with Crippen LogP contribution < -0.4 is 9.80 Å². The van der Waals surface area contributed by atoms with E-state index in [0.29, 0.717) is 16.9 Å². The van der Waals surface area contributed by atoms with Gasteiger partial charge in [-0.25, -0.2) is 4.79 Å². The lowest BCUT2D eigenvalue weighted by Gasteiger charge is -2.55. The lowest BCUT2D eigenvalue weighted by molar-refractivity contribution is -0.155. The summed E-state index contributed by atoms with van der Waals surface area (Å²) in [5, 5.41) is 0. The summed E-state index contributed by atoms with van der Waals surface area (Å²) in [6.07, 6.45) is 0. The predicted molar refractivity (Wildman–Crippen MR) is 133 cm³/mol. The van der Waals surface area contributed by atoms with Crippen molar-refractivity contribution in [2.24, 2.45) is 35.0 Å². The Bertz CT molecular complexity index is 1310. The number of para-hydroxylation sites is 2. The summed E-state index contributed by atoms with van der Waals surface area (Å²) in [7, 11) is 0. The van der Waals surface area contributed by atoms with Crippen LogP contribution in [0.2, 0.25) is 0 Å². The highest BCUT2D eigenvalue weighted by Gasteiger charge is 2.77. The molecular formula is C29H26N2O6. The Morgan fingerprint density at radius 1 is 0.757 bits per heavy atom. The third kappa shape index (κ3) is 2.81. The van der Waals surface area contributed by atoms with E-state index in [0.717, 1.165) is 9.80 Å². The molecule has 8 nitrogen and oxygen atoms in total. The molecule has 37 heavy (non-hydrogen) atoms. The van der Waals surface area contributed by atoms with Crippen LogP contribution in [0.25, 0.3) is 0 Å². The highest BCUT2D eigenvalue weighted by molar-refractivity contribution is 6.27. The number of carbonyl (C=O) groups is 5. The summed E-state index contributed by atoms with van der Waals surface area (Å²) in [6, 6.07) is 17.2. The fraction of sp³-hybridized carbons (Fsp3) is 0.345. The van der Waals surface area contributed by atoms with Gasteiger partial charge in [0, 0.05) is 16.9 Å². The van der Waals surface area contributed by atoms with Crippen molar-refractivity contribution in [2.75, 3.05) is 16.4 Å². The summed E-state index contributed by atoms with van der Waals surface area (Å²) in [5.74, 6) is -6.76. The lowest BCUT2D eigenvalue weighted by Crippen LogP contribution is -2.61. The van der Waals surface area contributed by atoms with Crippen LogP contribution in [0.1, 0.15) is 20.8 Å². The number of benzene rings is 2. The monoisotopic (exact) mass is 498 g/mol. The molecule has 8 heteroatoms. The minimum absolute atomic E-state index is 0.116. The van der Waals surface area contributed by atoms with Gasteiger partial charge in [0.25, 0.3) is 0 Å². The second-order valence-electron chi connectivity index (χ2n) is 10.3. The molecular weight excluding hydrogens is 472 g/mol. The first kappa shape index (κ1) is 23.3. The first-order chi connectivity index (χ1) is 17.7. The molecule has 6 atom stereocenters. The Balaban J connectivity index is 1.56. The van der Waals surface area contributed by atoms with Crippen molar-refractivity contribution in [3.63, 3.8) is 0 Å². The zero-order valence-corrected chi connectivity index (χ0v) is 20.7. The van der Waals surface area contributed by atoms with Crippen LogP contribution in [0, 0.1) is 35.0 Å². The van der Waals surface area contributed by atoms with Gasteiger partial charge in [0.2, 0.25) is 23.6 Å². The van der Waals surface area contributed by atoms with E-state index < -0.39 is 64.6 Å². The minimum atomic E-state index is -1.40. The Hall–Kier alpha value is -4.07. The van der Waals surface area contributed by atoms with Crippen molar-refractivity contribution in [3.8, 4) is 0 Å². The molecule has 2 saturated heterocycles. The van der Waals surface area contributed by atoms with Crippen LogP contribution in [0.4, 0.5) is 11.4 Å². The lowest BCUT2D eigenvalue weighted by atomic mass is 9.43. The Kier molecular flexibility index (Phi) is 5.02. The Labute approximate surface area is 213 Å². The summed E-state index contributed by atoms with van der Waals surface area (Å²) in [6.45, 7) is 5.22. The van der Waals surface area contributed by atoms with Crippen molar-refractivity contribution in [3.05, 3.63) is 71.8 Å². The van der Waals surface area contributed by atoms with Crippen molar-refractivity contribution in [1.29, 1.82) is 0 Å². The Morgan fingerprint density at radius 3 is 1.59 bits per heavy atom. The van der Waals surface area contributed by atoms with Crippen molar-refractivity contribution >= 4 is 41.0 Å². The van der Waals surface area contributed by atoms with Gasteiger partial charge in [-0.3, -0.25) is 29.0 Å². The SMILES string of the molecule is CCOC(=O)C1=C(C)C2[C@H]3C(=O)N(c4ccccc4)C(=O)C3C1(C)[C@@H]1C(=O)N(c3ccccc3)C(=O)[C@H]21. The van der Waals surface area contributed by atoms with Crippen LogP contribution in [-0.2, 0) is 28.7 Å². The van der Waals surface area contributed by atoms with Gasteiger partial charge in [-0.2, -0.15) is 0 Å². The average molecular weight is 499 g/mol. The number of esters is 1. The zero-order chi connectivity index (χ0) is 26.2. The van der Waals surface area contributed by atoms with E-state index >= 15 is 0 Å². The molecule has 5 aliphatic rings. The van der Waals surface area contributed by atoms with Crippen molar-refractivity contribution in [1.82, 2.24) is 0 Å². The van der Waals surface area contributed by atoms with E-state index in [1.54, 1.807) is 81.4 Å². The summed E-state index contributed by atoms with van der Waals surface area (Å²) >= 11 is 0. The molecule has 0 N–H and O–H groups in total. The Morgan fingerprint density at radius 2 is 1.19 bits per heavy atom. The second kappa shape index (κ2) is 7.96. The third-order valence-corrected chi connectivity index (χ3v) is 8.71. The van der Waals surface area contributed by atoms with E-state index in [-0.39, 0.29) is 12.2 Å². The summed E-state index contributed by atoms with van der Waals surface area (Å²) in [5.41, 5.74) is 0.259. The van der Waals surface area contributed by atoms with Gasteiger partial charge in [-0.1, -0.05) is 48.9 Å². The molecule has 0 aromatic heterocycles.